The van der Waals surface area contributed by atoms with Crippen LogP contribution in [0.3, 0.4) is 0 Å². The Morgan fingerprint density at radius 2 is 1.92 bits per heavy atom. The van der Waals surface area contributed by atoms with Crippen molar-refractivity contribution in [2.24, 2.45) is 0 Å². The van der Waals surface area contributed by atoms with Crippen molar-refractivity contribution in [3.63, 3.8) is 0 Å². The Bertz CT molecular complexity index is 1490. The summed E-state index contributed by atoms with van der Waals surface area (Å²) in [7, 11) is 1.35. The lowest BCUT2D eigenvalue weighted by molar-refractivity contribution is -0.112. The van der Waals surface area contributed by atoms with Crippen LogP contribution in [0.15, 0.2) is 29.8 Å². The van der Waals surface area contributed by atoms with Gasteiger partial charge in [-0.3, -0.25) is 4.79 Å². The van der Waals surface area contributed by atoms with Gasteiger partial charge in [0.1, 0.15) is 22.7 Å². The Kier molecular flexibility index (Phi) is 7.10. The third kappa shape index (κ3) is 4.44. The van der Waals surface area contributed by atoms with E-state index < -0.39 is 11.9 Å². The number of fused-ring (bicyclic) bond motifs is 1. The average Bonchev–Trinajstić information content (AvgIpc) is 3.37. The molecule has 0 fully saturated rings. The summed E-state index contributed by atoms with van der Waals surface area (Å²) in [5.74, 6) is -0.950. The molecular weight excluding hydrogens is 472 g/mol. The number of ether oxygens (including phenoxy) is 1. The van der Waals surface area contributed by atoms with Gasteiger partial charge in [0.25, 0.3) is 5.91 Å². The summed E-state index contributed by atoms with van der Waals surface area (Å²) in [6.45, 7) is 5.69. The van der Waals surface area contributed by atoms with E-state index in [2.05, 4.69) is 11.4 Å². The van der Waals surface area contributed by atoms with Crippen molar-refractivity contribution in [3.05, 3.63) is 73.9 Å². The van der Waals surface area contributed by atoms with Gasteiger partial charge in [-0.05, 0) is 87.4 Å². The highest BCUT2D eigenvalue weighted by Gasteiger charge is 2.23. The van der Waals surface area contributed by atoms with Gasteiger partial charge in [0.15, 0.2) is 0 Å². The normalized spacial score (nSPS) is 12.9. The fourth-order valence-electron chi connectivity index (χ4n) is 4.75. The number of carbonyl (C=O) groups is 2. The summed E-state index contributed by atoms with van der Waals surface area (Å²) in [5.41, 5.74) is 5.98. The van der Waals surface area contributed by atoms with E-state index in [0.29, 0.717) is 21.7 Å². The first-order chi connectivity index (χ1) is 17.3. The third-order valence-corrected chi connectivity index (χ3v) is 7.80. The summed E-state index contributed by atoms with van der Waals surface area (Å²) in [5, 5.41) is 22.8. The smallest absolute Gasteiger partial charge is 0.338 e. The van der Waals surface area contributed by atoms with Crippen molar-refractivity contribution in [1.82, 2.24) is 4.57 Å². The van der Waals surface area contributed by atoms with Crippen molar-refractivity contribution in [1.29, 1.82) is 10.5 Å². The topological polar surface area (TPSA) is 108 Å². The van der Waals surface area contributed by atoms with Crippen molar-refractivity contribution < 1.29 is 14.3 Å². The van der Waals surface area contributed by atoms with Crippen molar-refractivity contribution in [2.75, 3.05) is 12.4 Å². The van der Waals surface area contributed by atoms with Crippen LogP contribution in [-0.4, -0.2) is 23.6 Å². The molecule has 1 aliphatic carbocycles. The molecule has 0 aliphatic heterocycles. The molecule has 1 amide bonds. The average molecular weight is 499 g/mol. The molecule has 0 atom stereocenters. The van der Waals surface area contributed by atoms with Crippen LogP contribution in [0.2, 0.25) is 0 Å². The van der Waals surface area contributed by atoms with E-state index in [1.165, 1.54) is 18.4 Å². The number of nitrogens with zero attached hydrogens (tertiary/aromatic N) is 3. The number of thiophene rings is 1. The maximum absolute atomic E-state index is 13.0. The van der Waals surface area contributed by atoms with Gasteiger partial charge in [-0.25, -0.2) is 4.79 Å². The van der Waals surface area contributed by atoms with Gasteiger partial charge in [0, 0.05) is 22.0 Å². The van der Waals surface area contributed by atoms with Crippen LogP contribution in [-0.2, 0) is 22.4 Å². The first-order valence-electron chi connectivity index (χ1n) is 11.7. The van der Waals surface area contributed by atoms with E-state index in [1.54, 1.807) is 18.2 Å². The molecule has 182 valence electrons. The number of methoxy groups -OCH3 is 1. The van der Waals surface area contributed by atoms with Crippen LogP contribution in [0.5, 0.6) is 0 Å². The summed E-state index contributed by atoms with van der Waals surface area (Å²) in [6.07, 6.45) is 5.43. The number of nitriles is 2. The highest BCUT2D eigenvalue weighted by atomic mass is 32.1. The predicted octanol–water partition coefficient (Wildman–Crippen LogP) is 5.55. The molecule has 0 saturated carbocycles. The molecule has 2 heterocycles. The van der Waals surface area contributed by atoms with Gasteiger partial charge in [-0.2, -0.15) is 10.5 Å². The molecule has 2 aromatic heterocycles. The maximum Gasteiger partial charge on any atom is 0.338 e. The Labute approximate surface area is 214 Å². The molecular formula is C28H26N4O3S. The highest BCUT2D eigenvalue weighted by molar-refractivity contribution is 7.16. The van der Waals surface area contributed by atoms with Gasteiger partial charge < -0.3 is 14.6 Å². The number of nitrogens with one attached hydrogen (secondary N) is 1. The molecule has 36 heavy (non-hydrogen) atoms. The van der Waals surface area contributed by atoms with E-state index >= 15 is 0 Å². The Hall–Kier alpha value is -4.14. The lowest BCUT2D eigenvalue weighted by atomic mass is 9.96. The Balaban J connectivity index is 1.68. The zero-order valence-corrected chi connectivity index (χ0v) is 21.5. The van der Waals surface area contributed by atoms with E-state index in [4.69, 9.17) is 4.74 Å². The first kappa shape index (κ1) is 25.0. The van der Waals surface area contributed by atoms with Crippen molar-refractivity contribution >= 4 is 34.3 Å². The van der Waals surface area contributed by atoms with E-state index in [0.717, 1.165) is 58.8 Å². The zero-order valence-electron chi connectivity index (χ0n) is 20.7. The second-order valence-corrected chi connectivity index (χ2v) is 9.86. The summed E-state index contributed by atoms with van der Waals surface area (Å²) < 4.78 is 6.89. The fraction of sp³-hybridized carbons (Fsp3) is 0.286. The number of hydrogen-bond acceptors (Lipinski definition) is 6. The standard InChI is InChI=1S/C28H26N4O3S/c1-16-12-19(18(3)32(16)24-10-7-9-21(17(24)2)28(34)35-4)13-20(14-29)26(33)31-27-23(15-30)22-8-5-6-11-25(22)36-27/h7,9-10,12-13H,5-6,8,11H2,1-4H3,(H,31,33)/b20-13-. The maximum atomic E-state index is 13.0. The molecule has 3 aromatic rings. The molecule has 0 bridgehead atoms. The van der Waals surface area contributed by atoms with Gasteiger partial charge in [-0.1, -0.05) is 6.07 Å². The summed E-state index contributed by atoms with van der Waals surface area (Å²) in [6, 6.07) is 11.6. The molecule has 8 heteroatoms. The van der Waals surface area contributed by atoms with Crippen molar-refractivity contribution in [2.45, 2.75) is 46.5 Å². The molecule has 0 saturated heterocycles. The molecule has 7 nitrogen and oxygen atoms in total. The molecule has 1 N–H and O–H groups in total. The molecule has 4 rings (SSSR count). The van der Waals surface area contributed by atoms with E-state index in [-0.39, 0.29) is 5.57 Å². The van der Waals surface area contributed by atoms with Gasteiger partial charge in [0.05, 0.1) is 18.2 Å². The minimum atomic E-state index is -0.540. The number of carbonyl (C=O) groups excluding carboxylic acids is 2. The quantitative estimate of drug-likeness (QED) is 0.282. The van der Waals surface area contributed by atoms with Crippen LogP contribution in [0.1, 0.15) is 61.7 Å². The number of rotatable bonds is 5. The predicted molar refractivity (Wildman–Crippen MR) is 139 cm³/mol. The number of anilines is 1. The first-order valence-corrected chi connectivity index (χ1v) is 12.5. The van der Waals surface area contributed by atoms with E-state index in [9.17, 15) is 20.1 Å². The number of hydrogen-bond donors (Lipinski definition) is 1. The number of aromatic nitrogens is 1. The Morgan fingerprint density at radius 1 is 1.17 bits per heavy atom. The number of benzene rings is 1. The second-order valence-electron chi connectivity index (χ2n) is 8.75. The molecule has 1 aliphatic rings. The number of amides is 1. The number of esters is 1. The molecule has 1 aromatic carbocycles. The summed E-state index contributed by atoms with van der Waals surface area (Å²) in [4.78, 5) is 26.4. The number of aryl methyl sites for hydroxylation is 2. The van der Waals surface area contributed by atoms with E-state index in [1.807, 2.05) is 43.5 Å². The van der Waals surface area contributed by atoms with Gasteiger partial charge in [-0.15, -0.1) is 11.3 Å². The minimum absolute atomic E-state index is 0.0504. The van der Waals surface area contributed by atoms with Crippen molar-refractivity contribution in [3.8, 4) is 17.8 Å². The van der Waals surface area contributed by atoms with Gasteiger partial charge in [0.2, 0.25) is 0 Å². The molecule has 0 radical (unpaired) electrons. The molecule has 0 unspecified atom stereocenters. The SMILES string of the molecule is COC(=O)c1cccc(-n2c(C)cc(/C=C(/C#N)C(=O)Nc3sc4c(c3C#N)CCCC4)c2C)c1C. The summed E-state index contributed by atoms with van der Waals surface area (Å²) >= 11 is 1.43. The van der Waals surface area contributed by atoms with Crippen LogP contribution in [0.25, 0.3) is 11.8 Å². The molecule has 0 spiro atoms. The van der Waals surface area contributed by atoms with Crippen LogP contribution in [0, 0.1) is 43.4 Å². The lowest BCUT2D eigenvalue weighted by Crippen LogP contribution is -2.13. The monoisotopic (exact) mass is 498 g/mol. The van der Waals surface area contributed by atoms with Crippen LogP contribution >= 0.6 is 11.3 Å². The van der Waals surface area contributed by atoms with Crippen LogP contribution < -0.4 is 5.32 Å². The fourth-order valence-corrected chi connectivity index (χ4v) is 5.98. The Morgan fingerprint density at radius 3 is 2.61 bits per heavy atom. The van der Waals surface area contributed by atoms with Gasteiger partial charge >= 0.3 is 5.97 Å². The largest absolute Gasteiger partial charge is 0.465 e. The second kappa shape index (κ2) is 10.2. The zero-order chi connectivity index (χ0) is 26.0. The third-order valence-electron chi connectivity index (χ3n) is 6.60. The van der Waals surface area contributed by atoms with Crippen LogP contribution in [0.4, 0.5) is 5.00 Å². The lowest BCUT2D eigenvalue weighted by Gasteiger charge is -2.15. The minimum Gasteiger partial charge on any atom is -0.465 e. The highest BCUT2D eigenvalue weighted by Crippen LogP contribution is 2.38.